The molecular formula is C16H14Cl2N2O4. The first-order chi connectivity index (χ1) is 11.3. The van der Waals surface area contributed by atoms with Gasteiger partial charge in [-0.2, -0.15) is 0 Å². The minimum atomic E-state index is -0.806. The number of aryl methyl sites for hydroxylation is 1. The molecule has 0 aliphatic rings. The molecule has 0 aliphatic carbocycles. The van der Waals surface area contributed by atoms with E-state index in [1.807, 2.05) is 6.92 Å². The van der Waals surface area contributed by atoms with Crippen LogP contribution in [0, 0.1) is 17.0 Å². The van der Waals surface area contributed by atoms with Crippen LogP contribution in [0.5, 0.6) is 5.75 Å². The number of carbonyl (C=O) groups excluding carboxylic acids is 1. The van der Waals surface area contributed by atoms with Gasteiger partial charge in [0.25, 0.3) is 11.6 Å². The fraction of sp³-hybridized carbons (Fsp3) is 0.188. The lowest BCUT2D eigenvalue weighted by Crippen LogP contribution is -2.30. The van der Waals surface area contributed by atoms with Crippen molar-refractivity contribution in [1.29, 1.82) is 0 Å². The molecule has 0 bridgehead atoms. The molecule has 8 heteroatoms. The molecule has 0 saturated carbocycles. The smallest absolute Gasteiger partial charge is 0.289 e. The molecule has 1 N–H and O–H groups in total. The standard InChI is InChI=1S/C16H14Cl2N2O4/c1-9-7-11(17)3-6-15(9)24-10(2)16(21)19-12-4-5-13(18)14(8-12)20(22)23/h3-8,10H,1-2H3,(H,19,21). The van der Waals surface area contributed by atoms with Gasteiger partial charge >= 0.3 is 0 Å². The van der Waals surface area contributed by atoms with E-state index in [0.29, 0.717) is 10.8 Å². The number of benzene rings is 2. The predicted molar refractivity (Wildman–Crippen MR) is 93.0 cm³/mol. The number of carbonyl (C=O) groups is 1. The highest BCUT2D eigenvalue weighted by Gasteiger charge is 2.18. The lowest BCUT2D eigenvalue weighted by Gasteiger charge is -2.16. The normalized spacial score (nSPS) is 11.7. The van der Waals surface area contributed by atoms with Crippen LogP contribution in [-0.4, -0.2) is 16.9 Å². The summed E-state index contributed by atoms with van der Waals surface area (Å²) in [6.07, 6.45) is -0.806. The monoisotopic (exact) mass is 368 g/mol. The first-order valence-corrected chi connectivity index (χ1v) is 7.71. The molecule has 1 unspecified atom stereocenters. The highest BCUT2D eigenvalue weighted by molar-refractivity contribution is 6.32. The molecule has 24 heavy (non-hydrogen) atoms. The SMILES string of the molecule is Cc1cc(Cl)ccc1OC(C)C(=O)Nc1ccc(Cl)c([N+](=O)[O-])c1. The number of nitro groups is 1. The number of nitrogens with one attached hydrogen (secondary N) is 1. The molecule has 2 aromatic carbocycles. The number of nitrogens with zero attached hydrogens (tertiary/aromatic N) is 1. The van der Waals surface area contributed by atoms with Crippen molar-refractivity contribution in [3.8, 4) is 5.75 Å². The van der Waals surface area contributed by atoms with Crippen LogP contribution in [0.25, 0.3) is 0 Å². The van der Waals surface area contributed by atoms with E-state index in [9.17, 15) is 14.9 Å². The van der Waals surface area contributed by atoms with E-state index in [0.717, 1.165) is 5.56 Å². The Bertz CT molecular complexity index is 796. The first-order valence-electron chi connectivity index (χ1n) is 6.95. The molecule has 2 aromatic rings. The number of anilines is 1. The number of rotatable bonds is 5. The van der Waals surface area contributed by atoms with Gasteiger partial charge in [0.05, 0.1) is 4.92 Å². The van der Waals surface area contributed by atoms with Crippen LogP contribution in [0.4, 0.5) is 11.4 Å². The van der Waals surface area contributed by atoms with Gasteiger partial charge in [-0.05, 0) is 49.7 Å². The zero-order valence-corrected chi connectivity index (χ0v) is 14.4. The van der Waals surface area contributed by atoms with Gasteiger partial charge in [0.2, 0.25) is 0 Å². The van der Waals surface area contributed by atoms with E-state index < -0.39 is 16.9 Å². The number of ether oxygens (including phenoxy) is 1. The lowest BCUT2D eigenvalue weighted by atomic mass is 10.2. The molecule has 2 rings (SSSR count). The average Bonchev–Trinajstić information content (AvgIpc) is 2.51. The molecule has 1 amide bonds. The van der Waals surface area contributed by atoms with Gasteiger partial charge in [0.15, 0.2) is 6.10 Å². The van der Waals surface area contributed by atoms with Crippen molar-refractivity contribution in [2.45, 2.75) is 20.0 Å². The van der Waals surface area contributed by atoms with Crippen molar-refractivity contribution in [2.24, 2.45) is 0 Å². The van der Waals surface area contributed by atoms with Crippen LogP contribution in [0.2, 0.25) is 10.0 Å². The largest absolute Gasteiger partial charge is 0.481 e. The van der Waals surface area contributed by atoms with Crippen molar-refractivity contribution in [3.63, 3.8) is 0 Å². The number of hydrogen-bond donors (Lipinski definition) is 1. The Morgan fingerprint density at radius 2 is 1.96 bits per heavy atom. The highest BCUT2D eigenvalue weighted by atomic mass is 35.5. The Morgan fingerprint density at radius 1 is 1.25 bits per heavy atom. The van der Waals surface area contributed by atoms with Crippen LogP contribution in [0.3, 0.4) is 0 Å². The Morgan fingerprint density at radius 3 is 2.58 bits per heavy atom. The summed E-state index contributed by atoms with van der Waals surface area (Å²) in [6, 6.07) is 9.09. The summed E-state index contributed by atoms with van der Waals surface area (Å²) in [5.41, 5.74) is 0.778. The average molecular weight is 369 g/mol. The lowest BCUT2D eigenvalue weighted by molar-refractivity contribution is -0.384. The third-order valence-corrected chi connectivity index (χ3v) is 3.78. The van der Waals surface area contributed by atoms with Crippen molar-refractivity contribution in [1.82, 2.24) is 0 Å². The molecule has 0 spiro atoms. The van der Waals surface area contributed by atoms with Gasteiger partial charge in [-0.3, -0.25) is 14.9 Å². The van der Waals surface area contributed by atoms with Crippen LogP contribution < -0.4 is 10.1 Å². The number of nitro benzene ring substituents is 1. The van der Waals surface area contributed by atoms with E-state index in [2.05, 4.69) is 5.32 Å². The van der Waals surface area contributed by atoms with Gasteiger partial charge in [0.1, 0.15) is 10.8 Å². The second-order valence-electron chi connectivity index (χ2n) is 5.08. The van der Waals surface area contributed by atoms with Crippen molar-refractivity contribution in [3.05, 3.63) is 62.1 Å². The molecule has 0 heterocycles. The van der Waals surface area contributed by atoms with Crippen molar-refractivity contribution in [2.75, 3.05) is 5.32 Å². The summed E-state index contributed by atoms with van der Waals surface area (Å²) < 4.78 is 5.60. The topological polar surface area (TPSA) is 81.5 Å². The van der Waals surface area contributed by atoms with Crippen LogP contribution in [0.15, 0.2) is 36.4 Å². The summed E-state index contributed by atoms with van der Waals surface area (Å²) in [5.74, 6) is 0.0881. The number of hydrogen-bond acceptors (Lipinski definition) is 4. The molecule has 126 valence electrons. The minimum absolute atomic E-state index is 0.000846. The third-order valence-electron chi connectivity index (χ3n) is 3.22. The predicted octanol–water partition coefficient (Wildman–Crippen LogP) is 4.62. The molecule has 0 aromatic heterocycles. The Labute approximate surface area is 148 Å². The maximum Gasteiger partial charge on any atom is 0.289 e. The van der Waals surface area contributed by atoms with E-state index in [1.165, 1.54) is 18.2 Å². The van der Waals surface area contributed by atoms with Crippen LogP contribution in [-0.2, 0) is 4.79 Å². The van der Waals surface area contributed by atoms with Gasteiger partial charge in [-0.15, -0.1) is 0 Å². The second kappa shape index (κ2) is 7.51. The van der Waals surface area contributed by atoms with E-state index in [-0.39, 0.29) is 16.4 Å². The second-order valence-corrected chi connectivity index (χ2v) is 5.93. The number of halogens is 2. The molecule has 0 aliphatic heterocycles. The molecule has 6 nitrogen and oxygen atoms in total. The molecule has 1 atom stereocenters. The Balaban J connectivity index is 2.09. The molecule has 0 saturated heterocycles. The van der Waals surface area contributed by atoms with Gasteiger partial charge in [-0.25, -0.2) is 0 Å². The maximum atomic E-state index is 12.2. The summed E-state index contributed by atoms with van der Waals surface area (Å²) in [6.45, 7) is 3.39. The first kappa shape index (κ1) is 18.0. The molecule has 0 fully saturated rings. The van der Waals surface area contributed by atoms with Crippen LogP contribution >= 0.6 is 23.2 Å². The fourth-order valence-corrected chi connectivity index (χ4v) is 2.38. The Hall–Kier alpha value is -2.31. The highest BCUT2D eigenvalue weighted by Crippen LogP contribution is 2.28. The van der Waals surface area contributed by atoms with Crippen molar-refractivity contribution >= 4 is 40.5 Å². The molecule has 0 radical (unpaired) electrons. The summed E-state index contributed by atoms with van der Waals surface area (Å²) >= 11 is 11.6. The van der Waals surface area contributed by atoms with Crippen molar-refractivity contribution < 1.29 is 14.5 Å². The third kappa shape index (κ3) is 4.37. The summed E-state index contributed by atoms with van der Waals surface area (Å²) in [5, 5.41) is 14.0. The van der Waals surface area contributed by atoms with E-state index in [4.69, 9.17) is 27.9 Å². The Kier molecular flexibility index (Phi) is 5.64. The van der Waals surface area contributed by atoms with E-state index >= 15 is 0 Å². The summed E-state index contributed by atoms with van der Waals surface area (Å²) in [4.78, 5) is 22.5. The molecular weight excluding hydrogens is 355 g/mol. The number of amides is 1. The van der Waals surface area contributed by atoms with Gasteiger partial charge in [0, 0.05) is 16.8 Å². The van der Waals surface area contributed by atoms with E-state index in [1.54, 1.807) is 25.1 Å². The van der Waals surface area contributed by atoms with Crippen LogP contribution in [0.1, 0.15) is 12.5 Å². The van der Waals surface area contributed by atoms with Gasteiger partial charge in [-0.1, -0.05) is 23.2 Å². The fourth-order valence-electron chi connectivity index (χ4n) is 1.96. The minimum Gasteiger partial charge on any atom is -0.481 e. The zero-order chi connectivity index (χ0) is 17.9. The van der Waals surface area contributed by atoms with Gasteiger partial charge < -0.3 is 10.1 Å². The zero-order valence-electron chi connectivity index (χ0n) is 12.9. The summed E-state index contributed by atoms with van der Waals surface area (Å²) in [7, 11) is 0. The maximum absolute atomic E-state index is 12.2. The quantitative estimate of drug-likeness (QED) is 0.616.